The average molecular weight is 319 g/mol. The highest BCUT2D eigenvalue weighted by molar-refractivity contribution is 7.09. The largest absolute Gasteiger partial charge is 0.426 e. The molecule has 0 N–H and O–H groups in total. The first-order valence-electron chi connectivity index (χ1n) is 7.89. The van der Waals surface area contributed by atoms with E-state index >= 15 is 0 Å². The Hall–Kier alpha value is -1.24. The molecule has 0 bridgehead atoms. The minimum absolute atomic E-state index is 0.493. The maximum Gasteiger partial charge on any atom is 0.216 e. The van der Waals surface area contributed by atoms with Crippen LogP contribution in [0.15, 0.2) is 21.9 Å². The summed E-state index contributed by atoms with van der Waals surface area (Å²) in [7, 11) is 0. The Morgan fingerprint density at radius 2 is 2.27 bits per heavy atom. The summed E-state index contributed by atoms with van der Waals surface area (Å²) in [5, 5.41) is 10.2. The smallest absolute Gasteiger partial charge is 0.216 e. The molecule has 0 amide bonds. The van der Waals surface area contributed by atoms with Crippen LogP contribution in [0.2, 0.25) is 0 Å². The predicted molar refractivity (Wildman–Crippen MR) is 83.6 cm³/mol. The van der Waals surface area contributed by atoms with Crippen LogP contribution in [0.4, 0.5) is 0 Å². The van der Waals surface area contributed by atoms with Gasteiger partial charge in [-0.25, -0.2) is 0 Å². The van der Waals surface area contributed by atoms with Crippen molar-refractivity contribution in [2.45, 2.75) is 19.9 Å². The summed E-state index contributed by atoms with van der Waals surface area (Å²) in [5.41, 5.74) is 0. The minimum Gasteiger partial charge on any atom is -0.426 e. The van der Waals surface area contributed by atoms with Crippen LogP contribution in [0.1, 0.15) is 16.7 Å². The van der Waals surface area contributed by atoms with E-state index in [9.17, 15) is 0 Å². The summed E-state index contributed by atoms with van der Waals surface area (Å²) in [6, 6.07) is 4.36. The van der Waals surface area contributed by atoms with Crippen LogP contribution in [0.5, 0.6) is 0 Å². The zero-order valence-corrected chi connectivity index (χ0v) is 13.6. The van der Waals surface area contributed by atoms with Gasteiger partial charge in [0, 0.05) is 37.9 Å². The van der Waals surface area contributed by atoms with E-state index in [4.69, 9.17) is 9.15 Å². The molecule has 0 aromatic carbocycles. The van der Waals surface area contributed by atoms with Gasteiger partial charge in [-0.3, -0.25) is 4.90 Å². The number of ether oxygens (including phenoxy) is 1. The number of hydrogen-bond acceptors (Lipinski definition) is 6. The number of aryl methyl sites for hydroxylation is 1. The van der Waals surface area contributed by atoms with E-state index in [2.05, 4.69) is 32.6 Å². The van der Waals surface area contributed by atoms with Crippen molar-refractivity contribution < 1.29 is 9.15 Å². The molecule has 118 valence electrons. The van der Waals surface area contributed by atoms with Crippen molar-refractivity contribution in [1.82, 2.24) is 15.1 Å². The molecule has 0 radical (unpaired) electrons. The molecule has 3 atom stereocenters. The molecule has 0 spiro atoms. The molecule has 2 aromatic rings. The van der Waals surface area contributed by atoms with E-state index in [0.717, 1.165) is 45.2 Å². The summed E-state index contributed by atoms with van der Waals surface area (Å²) in [6.45, 7) is 6.91. The fourth-order valence-electron chi connectivity index (χ4n) is 3.80. The maximum atomic E-state index is 5.84. The molecule has 2 fully saturated rings. The fourth-order valence-corrected chi connectivity index (χ4v) is 4.55. The normalized spacial score (nSPS) is 28.9. The number of likely N-dealkylation sites (tertiary alicyclic amines) is 1. The standard InChI is InChI=1S/C16H21N3O2S/c1-11-17-18-16(21-11)5-12-9-20-10-13-6-19(8-15(12)13)7-14-3-2-4-22-14/h2-4,12-13,15H,5-10H2,1H3/t12-,13-,15+/m1/s1. The van der Waals surface area contributed by atoms with Gasteiger partial charge in [0.2, 0.25) is 11.8 Å². The second-order valence-corrected chi connectivity index (χ2v) is 7.45. The van der Waals surface area contributed by atoms with Crippen LogP contribution in [-0.4, -0.2) is 41.4 Å². The molecule has 4 rings (SSSR count). The van der Waals surface area contributed by atoms with Crippen molar-refractivity contribution in [3.63, 3.8) is 0 Å². The quantitative estimate of drug-likeness (QED) is 0.866. The van der Waals surface area contributed by atoms with Crippen LogP contribution in [-0.2, 0) is 17.7 Å². The molecule has 2 aliphatic rings. The molecule has 4 heterocycles. The summed E-state index contributed by atoms with van der Waals surface area (Å²) < 4.78 is 11.4. The first-order chi connectivity index (χ1) is 10.8. The Morgan fingerprint density at radius 3 is 3.05 bits per heavy atom. The van der Waals surface area contributed by atoms with Gasteiger partial charge >= 0.3 is 0 Å². The highest BCUT2D eigenvalue weighted by Gasteiger charge is 2.41. The number of rotatable bonds is 4. The number of hydrogen-bond donors (Lipinski definition) is 0. The molecule has 22 heavy (non-hydrogen) atoms. The summed E-state index contributed by atoms with van der Waals surface area (Å²) in [5.74, 6) is 3.22. The second kappa shape index (κ2) is 6.10. The minimum atomic E-state index is 0.493. The van der Waals surface area contributed by atoms with Crippen LogP contribution >= 0.6 is 11.3 Å². The third-order valence-corrected chi connectivity index (χ3v) is 5.66. The molecular weight excluding hydrogens is 298 g/mol. The molecular formula is C16H21N3O2S. The van der Waals surface area contributed by atoms with Gasteiger partial charge in [-0.1, -0.05) is 6.07 Å². The third kappa shape index (κ3) is 2.95. The van der Waals surface area contributed by atoms with E-state index in [1.165, 1.54) is 4.88 Å². The van der Waals surface area contributed by atoms with Gasteiger partial charge < -0.3 is 9.15 Å². The Morgan fingerprint density at radius 1 is 1.32 bits per heavy atom. The molecule has 0 saturated carbocycles. The zero-order chi connectivity index (χ0) is 14.9. The molecule has 2 aromatic heterocycles. The zero-order valence-electron chi connectivity index (χ0n) is 12.8. The van der Waals surface area contributed by atoms with Crippen LogP contribution in [0.3, 0.4) is 0 Å². The Bertz CT molecular complexity index is 613. The van der Waals surface area contributed by atoms with E-state index < -0.39 is 0 Å². The highest BCUT2D eigenvalue weighted by atomic mass is 32.1. The van der Waals surface area contributed by atoms with Crippen molar-refractivity contribution >= 4 is 11.3 Å². The topological polar surface area (TPSA) is 51.4 Å². The Kier molecular flexibility index (Phi) is 3.98. The second-order valence-electron chi connectivity index (χ2n) is 6.41. The van der Waals surface area contributed by atoms with Crippen LogP contribution in [0, 0.1) is 24.7 Å². The monoisotopic (exact) mass is 319 g/mol. The van der Waals surface area contributed by atoms with Crippen molar-refractivity contribution in [2.75, 3.05) is 26.3 Å². The van der Waals surface area contributed by atoms with Crippen molar-refractivity contribution in [3.05, 3.63) is 34.2 Å². The number of aromatic nitrogens is 2. The lowest BCUT2D eigenvalue weighted by atomic mass is 9.81. The molecule has 0 unspecified atom stereocenters. The van der Waals surface area contributed by atoms with Gasteiger partial charge in [0.1, 0.15) is 0 Å². The number of thiophene rings is 1. The molecule has 2 aliphatic heterocycles. The Balaban J connectivity index is 1.42. The third-order valence-electron chi connectivity index (χ3n) is 4.80. The fraction of sp³-hybridized carbons (Fsp3) is 0.625. The van der Waals surface area contributed by atoms with Gasteiger partial charge in [0.15, 0.2) is 0 Å². The SMILES string of the molecule is Cc1nnc(C[C@@H]2COC[C@H]3CN(Cc4cccs4)C[C@@H]23)o1. The van der Waals surface area contributed by atoms with E-state index in [1.54, 1.807) is 0 Å². The average Bonchev–Trinajstić information content (AvgIpc) is 3.21. The lowest BCUT2D eigenvalue weighted by Crippen LogP contribution is -2.36. The van der Waals surface area contributed by atoms with Gasteiger partial charge in [-0.2, -0.15) is 0 Å². The van der Waals surface area contributed by atoms with Gasteiger partial charge in [0.05, 0.1) is 13.2 Å². The van der Waals surface area contributed by atoms with Crippen molar-refractivity contribution in [3.8, 4) is 0 Å². The summed E-state index contributed by atoms with van der Waals surface area (Å²) in [6.07, 6.45) is 0.842. The lowest BCUT2D eigenvalue weighted by Gasteiger charge is -2.32. The van der Waals surface area contributed by atoms with E-state index in [-0.39, 0.29) is 0 Å². The van der Waals surface area contributed by atoms with Crippen molar-refractivity contribution in [2.24, 2.45) is 17.8 Å². The maximum absolute atomic E-state index is 5.84. The Labute approximate surface area is 134 Å². The molecule has 0 aliphatic carbocycles. The summed E-state index contributed by atoms with van der Waals surface area (Å²) >= 11 is 1.84. The van der Waals surface area contributed by atoms with Crippen LogP contribution in [0.25, 0.3) is 0 Å². The molecule has 6 heteroatoms. The van der Waals surface area contributed by atoms with Gasteiger partial charge in [-0.05, 0) is 29.2 Å². The first kappa shape index (κ1) is 14.4. The predicted octanol–water partition coefficient (Wildman–Crippen LogP) is 2.38. The van der Waals surface area contributed by atoms with Crippen molar-refractivity contribution in [1.29, 1.82) is 0 Å². The van der Waals surface area contributed by atoms with Crippen LogP contribution < -0.4 is 0 Å². The summed E-state index contributed by atoms with van der Waals surface area (Å²) in [4.78, 5) is 4.02. The lowest BCUT2D eigenvalue weighted by molar-refractivity contribution is -0.0107. The van der Waals surface area contributed by atoms with E-state index in [0.29, 0.717) is 23.6 Å². The van der Waals surface area contributed by atoms with Gasteiger partial charge in [-0.15, -0.1) is 21.5 Å². The molecule has 2 saturated heterocycles. The number of fused-ring (bicyclic) bond motifs is 1. The number of nitrogens with zero attached hydrogens (tertiary/aromatic N) is 3. The van der Waals surface area contributed by atoms with E-state index in [1.807, 2.05) is 18.3 Å². The highest BCUT2D eigenvalue weighted by Crippen LogP contribution is 2.36. The molecule has 5 nitrogen and oxygen atoms in total. The van der Waals surface area contributed by atoms with Gasteiger partial charge in [0.25, 0.3) is 0 Å². The first-order valence-corrected chi connectivity index (χ1v) is 8.77.